The van der Waals surface area contributed by atoms with Crippen LogP contribution in [0.3, 0.4) is 0 Å². The molecule has 0 aromatic carbocycles. The van der Waals surface area contributed by atoms with E-state index in [0.29, 0.717) is 11.6 Å². The molecule has 12 nitrogen and oxygen atoms in total. The molecule has 1 aliphatic heterocycles. The predicted molar refractivity (Wildman–Crippen MR) is 112 cm³/mol. The molecule has 1 unspecified atom stereocenters. The molecule has 1 fully saturated rings. The second kappa shape index (κ2) is 11.8. The molecule has 0 saturated carbocycles. The van der Waals surface area contributed by atoms with Crippen LogP contribution in [0.4, 0.5) is 0 Å². The van der Waals surface area contributed by atoms with E-state index in [0.717, 1.165) is 6.26 Å². The van der Waals surface area contributed by atoms with Crippen molar-refractivity contribution in [2.45, 2.75) is 25.9 Å². The fraction of sp³-hybridized carbons (Fsp3) is 0.500. The molecule has 176 valence electrons. The maximum absolute atomic E-state index is 12.8. The topological polar surface area (TPSA) is 152 Å². The van der Waals surface area contributed by atoms with Gasteiger partial charge in [-0.05, 0) is 13.0 Å². The molecule has 32 heavy (non-hydrogen) atoms. The molecule has 1 atom stereocenters. The fourth-order valence-electron chi connectivity index (χ4n) is 2.66. The molecule has 1 saturated heterocycles. The first kappa shape index (κ1) is 25.5. The first-order valence-corrected chi connectivity index (χ1v) is 12.6. The van der Waals surface area contributed by atoms with Crippen LogP contribution >= 0.6 is 11.8 Å². The highest BCUT2D eigenvalue weighted by Crippen LogP contribution is 2.22. The van der Waals surface area contributed by atoms with Crippen LogP contribution in [0.2, 0.25) is 0 Å². The fourth-order valence-corrected chi connectivity index (χ4v) is 4.10. The highest BCUT2D eigenvalue weighted by Gasteiger charge is 2.37. The van der Waals surface area contributed by atoms with E-state index >= 15 is 0 Å². The normalized spacial score (nSPS) is 15.8. The lowest BCUT2D eigenvalue weighted by Gasteiger charge is -2.21. The number of hydrogen-bond donors (Lipinski definition) is 2. The van der Waals surface area contributed by atoms with Crippen molar-refractivity contribution in [2.75, 3.05) is 31.1 Å². The summed E-state index contributed by atoms with van der Waals surface area (Å²) in [6.07, 6.45) is 3.78. The number of hydrazine groups is 1. The molecule has 2 N–H and O–H groups in total. The summed E-state index contributed by atoms with van der Waals surface area (Å²) in [5.41, 5.74) is 2.18. The maximum atomic E-state index is 12.8. The Morgan fingerprint density at radius 3 is 2.72 bits per heavy atom. The third-order valence-corrected chi connectivity index (χ3v) is 5.60. The number of thioether (sulfide) groups is 1. The van der Waals surface area contributed by atoms with Gasteiger partial charge >= 0.3 is 11.9 Å². The molecule has 0 bridgehead atoms. The van der Waals surface area contributed by atoms with E-state index < -0.39 is 33.9 Å². The zero-order valence-electron chi connectivity index (χ0n) is 17.6. The quantitative estimate of drug-likeness (QED) is 0.229. The number of pyridine rings is 1. The van der Waals surface area contributed by atoms with Crippen molar-refractivity contribution in [1.29, 1.82) is 0 Å². The number of carbonyl (C=O) groups excluding carboxylic acids is 4. The van der Waals surface area contributed by atoms with E-state index in [1.54, 1.807) is 13.1 Å². The van der Waals surface area contributed by atoms with Gasteiger partial charge in [-0.25, -0.2) is 13.2 Å². The molecule has 0 aliphatic carbocycles. The Morgan fingerprint density at radius 1 is 1.28 bits per heavy atom. The monoisotopic (exact) mass is 489 g/mol. The van der Waals surface area contributed by atoms with Crippen molar-refractivity contribution in [3.63, 3.8) is 0 Å². The molecule has 0 spiro atoms. The Balaban J connectivity index is 1.94. The van der Waals surface area contributed by atoms with E-state index in [9.17, 15) is 27.6 Å². The molecule has 1 aromatic heterocycles. The molecule has 0 radical (unpaired) electrons. The van der Waals surface area contributed by atoms with Crippen molar-refractivity contribution >= 4 is 45.5 Å². The van der Waals surface area contributed by atoms with Crippen LogP contribution in [-0.2, 0) is 40.4 Å². The van der Waals surface area contributed by atoms with Crippen molar-refractivity contribution in [1.82, 2.24) is 15.2 Å². The summed E-state index contributed by atoms with van der Waals surface area (Å²) in [5.74, 6) is -1.46. The van der Waals surface area contributed by atoms with Gasteiger partial charge in [0.05, 0.1) is 25.2 Å². The van der Waals surface area contributed by atoms with Gasteiger partial charge in [0.25, 0.3) is 11.8 Å². The summed E-state index contributed by atoms with van der Waals surface area (Å²) in [7, 11) is -3.62. The number of nitrogens with zero attached hydrogens (tertiary/aromatic N) is 2. The smallest absolute Gasteiger partial charge is 0.329 e. The first-order chi connectivity index (χ1) is 15.1. The lowest BCUT2D eigenvalue weighted by molar-refractivity contribution is -0.685. The number of ether oxygens (including phenoxy) is 2. The lowest BCUT2D eigenvalue weighted by Crippen LogP contribution is -2.49. The number of aromatic nitrogens is 1. The lowest BCUT2D eigenvalue weighted by atomic mass is 10.2. The van der Waals surface area contributed by atoms with E-state index in [-0.39, 0.29) is 37.6 Å². The minimum Gasteiger partial charge on any atom is -0.466 e. The third kappa shape index (κ3) is 8.09. The van der Waals surface area contributed by atoms with E-state index in [4.69, 9.17) is 9.47 Å². The van der Waals surface area contributed by atoms with Crippen LogP contribution < -0.4 is 14.8 Å². The summed E-state index contributed by atoms with van der Waals surface area (Å²) in [6.45, 7) is 1.64. The molecule has 1 aromatic rings. The molecular weight excluding hydrogens is 464 g/mol. The molecule has 2 heterocycles. The largest absolute Gasteiger partial charge is 0.466 e. The number of rotatable bonds is 10. The third-order valence-electron chi connectivity index (χ3n) is 4.12. The molecule has 2 rings (SSSR count). The van der Waals surface area contributed by atoms with Gasteiger partial charge in [-0.3, -0.25) is 19.8 Å². The first-order valence-electron chi connectivity index (χ1n) is 9.56. The summed E-state index contributed by atoms with van der Waals surface area (Å²) in [6, 6.07) is 2.21. The standard InChI is InChI=1S/C18H24N4O8S2/c1-3-29-16(24)6-8-30-18(26)14-11-31-12-22(14)15(23)10-21-7-4-5-13(9-21)17(25)19-20-32(2,27)28/h4-5,7,9,14,20H,3,6,8,10-12H2,1-2H3/p+1. The van der Waals surface area contributed by atoms with Gasteiger partial charge in [-0.1, -0.05) is 0 Å². The molecular formula is C18H25N4O8S2+. The van der Waals surface area contributed by atoms with Crippen LogP contribution in [0.25, 0.3) is 0 Å². The molecule has 14 heteroatoms. The average molecular weight is 490 g/mol. The van der Waals surface area contributed by atoms with Crippen LogP contribution in [0, 0.1) is 0 Å². The number of hydrogen-bond acceptors (Lipinski definition) is 9. The van der Waals surface area contributed by atoms with Crippen molar-refractivity contribution in [3.8, 4) is 0 Å². The zero-order chi connectivity index (χ0) is 23.7. The SMILES string of the molecule is CCOC(=O)CCOC(=O)C1CSCN1C(=O)C[n+]1cccc(C(=O)NNS(C)(=O)=O)c1. The second-order valence-electron chi connectivity index (χ2n) is 6.70. The summed E-state index contributed by atoms with van der Waals surface area (Å²) < 4.78 is 33.5. The summed E-state index contributed by atoms with van der Waals surface area (Å²) in [5, 5.41) is 0. The Hall–Kier alpha value is -2.71. The Morgan fingerprint density at radius 2 is 2.03 bits per heavy atom. The van der Waals surface area contributed by atoms with Gasteiger partial charge in [-0.15, -0.1) is 16.6 Å². The van der Waals surface area contributed by atoms with Gasteiger partial charge in [0, 0.05) is 11.8 Å². The second-order valence-corrected chi connectivity index (χ2v) is 9.44. The number of carbonyl (C=O) groups is 4. The van der Waals surface area contributed by atoms with Crippen molar-refractivity contribution in [3.05, 3.63) is 30.1 Å². The van der Waals surface area contributed by atoms with Gasteiger partial charge in [0.15, 0.2) is 12.4 Å². The van der Waals surface area contributed by atoms with E-state index in [1.165, 1.54) is 39.6 Å². The van der Waals surface area contributed by atoms with Gasteiger partial charge in [0.1, 0.15) is 18.2 Å². The highest BCUT2D eigenvalue weighted by molar-refractivity contribution is 7.99. The van der Waals surface area contributed by atoms with Gasteiger partial charge in [0.2, 0.25) is 16.6 Å². The van der Waals surface area contributed by atoms with Crippen LogP contribution in [0.5, 0.6) is 0 Å². The van der Waals surface area contributed by atoms with E-state index in [2.05, 4.69) is 0 Å². The van der Waals surface area contributed by atoms with Gasteiger partial charge < -0.3 is 14.4 Å². The maximum Gasteiger partial charge on any atom is 0.329 e. The van der Waals surface area contributed by atoms with Crippen molar-refractivity contribution < 1.29 is 41.6 Å². The van der Waals surface area contributed by atoms with Crippen LogP contribution in [-0.4, -0.2) is 74.2 Å². The number of amides is 2. The predicted octanol–water partition coefficient (Wildman–Crippen LogP) is -1.43. The minimum atomic E-state index is -3.62. The van der Waals surface area contributed by atoms with Crippen LogP contribution in [0.15, 0.2) is 24.5 Å². The molecule has 2 amide bonds. The Labute approximate surface area is 189 Å². The zero-order valence-corrected chi connectivity index (χ0v) is 19.2. The van der Waals surface area contributed by atoms with Crippen molar-refractivity contribution in [2.24, 2.45) is 0 Å². The Bertz CT molecular complexity index is 969. The van der Waals surface area contributed by atoms with Crippen LogP contribution in [0.1, 0.15) is 23.7 Å². The minimum absolute atomic E-state index is 0.0632. The highest BCUT2D eigenvalue weighted by atomic mass is 32.2. The average Bonchev–Trinajstić information content (AvgIpc) is 3.22. The number of esters is 2. The summed E-state index contributed by atoms with van der Waals surface area (Å²) in [4.78, 5) is 51.8. The Kier molecular flexibility index (Phi) is 9.41. The summed E-state index contributed by atoms with van der Waals surface area (Å²) >= 11 is 1.40. The number of nitrogens with one attached hydrogen (secondary N) is 2. The number of sulfonamides is 1. The molecule has 1 aliphatic rings. The van der Waals surface area contributed by atoms with Gasteiger partial charge in [-0.2, -0.15) is 4.57 Å². The van der Waals surface area contributed by atoms with E-state index in [1.807, 2.05) is 10.3 Å².